The molecule has 1 aliphatic heterocycles. The Bertz CT molecular complexity index is 494. The molecule has 0 radical (unpaired) electrons. The van der Waals surface area contributed by atoms with Gasteiger partial charge in [0.05, 0.1) is 12.9 Å². The van der Waals surface area contributed by atoms with E-state index in [1.165, 1.54) is 6.33 Å². The summed E-state index contributed by atoms with van der Waals surface area (Å²) in [6, 6.07) is 0. The van der Waals surface area contributed by atoms with Crippen molar-refractivity contribution in [3.8, 4) is 0 Å². The average molecular weight is 344 g/mol. The molecule has 24 heavy (non-hydrogen) atoms. The number of rotatable bonds is 9. The molecule has 5 N–H and O–H groups in total. The standard InChI is InChI=1S/C15H24N2O7/c18-7-11-12(20)13(21)14(22)15(24-11)23-4-2-1-3-10(19)5-9-6-16-8-17-9/h6,8,11-15,18,20-22H,1-5,7H2,(H,16,17). The second-order valence-corrected chi connectivity index (χ2v) is 5.82. The van der Waals surface area contributed by atoms with Gasteiger partial charge in [-0.3, -0.25) is 4.79 Å². The van der Waals surface area contributed by atoms with E-state index >= 15 is 0 Å². The van der Waals surface area contributed by atoms with Crippen LogP contribution in [0.1, 0.15) is 25.0 Å². The Balaban J connectivity index is 1.63. The molecule has 2 rings (SSSR count). The van der Waals surface area contributed by atoms with Crippen LogP contribution in [0.3, 0.4) is 0 Å². The first kappa shape index (κ1) is 19.0. The molecule has 1 saturated heterocycles. The van der Waals surface area contributed by atoms with Crippen molar-refractivity contribution in [2.24, 2.45) is 0 Å². The summed E-state index contributed by atoms with van der Waals surface area (Å²) >= 11 is 0. The molecule has 0 spiro atoms. The largest absolute Gasteiger partial charge is 0.394 e. The summed E-state index contributed by atoms with van der Waals surface area (Å²) in [5, 5.41) is 38.2. The van der Waals surface area contributed by atoms with Crippen LogP contribution in [-0.2, 0) is 20.7 Å². The first-order valence-corrected chi connectivity index (χ1v) is 7.94. The van der Waals surface area contributed by atoms with E-state index in [2.05, 4.69) is 9.97 Å². The zero-order valence-corrected chi connectivity index (χ0v) is 13.2. The first-order valence-electron chi connectivity index (χ1n) is 7.94. The zero-order valence-electron chi connectivity index (χ0n) is 13.2. The lowest BCUT2D eigenvalue weighted by Gasteiger charge is -2.39. The fourth-order valence-electron chi connectivity index (χ4n) is 2.51. The van der Waals surface area contributed by atoms with Crippen molar-refractivity contribution in [2.75, 3.05) is 13.2 Å². The quantitative estimate of drug-likeness (QED) is 0.341. The molecule has 1 aromatic rings. The number of aliphatic hydroxyl groups is 4. The fraction of sp³-hybridized carbons (Fsp3) is 0.733. The fourth-order valence-corrected chi connectivity index (χ4v) is 2.51. The Labute approximate surface area is 139 Å². The van der Waals surface area contributed by atoms with Crippen LogP contribution in [0, 0.1) is 0 Å². The Morgan fingerprint density at radius 3 is 2.71 bits per heavy atom. The molecule has 0 aromatic carbocycles. The van der Waals surface area contributed by atoms with E-state index in [4.69, 9.17) is 14.6 Å². The van der Waals surface area contributed by atoms with Crippen LogP contribution in [0.4, 0.5) is 0 Å². The number of aliphatic hydroxyl groups excluding tert-OH is 4. The molecular formula is C15H24N2O7. The Morgan fingerprint density at radius 2 is 2.04 bits per heavy atom. The summed E-state index contributed by atoms with van der Waals surface area (Å²) in [5.41, 5.74) is 0.776. The molecule has 1 aliphatic rings. The second kappa shape index (κ2) is 9.21. The van der Waals surface area contributed by atoms with Crippen LogP contribution in [0.15, 0.2) is 12.5 Å². The van der Waals surface area contributed by atoms with Crippen LogP contribution in [0.2, 0.25) is 0 Å². The van der Waals surface area contributed by atoms with Gasteiger partial charge in [0.25, 0.3) is 0 Å². The van der Waals surface area contributed by atoms with Gasteiger partial charge in [-0.25, -0.2) is 4.98 Å². The molecule has 2 heterocycles. The third-order valence-electron chi connectivity index (χ3n) is 3.92. The van der Waals surface area contributed by atoms with E-state index < -0.39 is 37.3 Å². The van der Waals surface area contributed by atoms with Gasteiger partial charge in [0.1, 0.15) is 30.2 Å². The number of aromatic nitrogens is 2. The Morgan fingerprint density at radius 1 is 1.25 bits per heavy atom. The lowest BCUT2D eigenvalue weighted by molar-refractivity contribution is -0.301. The number of aromatic amines is 1. The van der Waals surface area contributed by atoms with E-state index in [1.54, 1.807) is 6.20 Å². The van der Waals surface area contributed by atoms with Gasteiger partial charge in [0, 0.05) is 31.3 Å². The normalized spacial score (nSPS) is 30.4. The topological polar surface area (TPSA) is 145 Å². The number of ether oxygens (including phenoxy) is 2. The SMILES string of the molecule is O=C(CCCCOC1OC(CO)C(O)C(O)C1O)Cc1cnc[nH]1. The summed E-state index contributed by atoms with van der Waals surface area (Å²) in [6.07, 6.45) is -1.31. The summed E-state index contributed by atoms with van der Waals surface area (Å²) in [5.74, 6) is 0.0899. The van der Waals surface area contributed by atoms with E-state index in [-0.39, 0.29) is 12.4 Å². The number of unbranched alkanes of at least 4 members (excludes halogenated alkanes) is 1. The molecule has 9 nitrogen and oxygen atoms in total. The number of ketones is 1. The summed E-state index contributed by atoms with van der Waals surface area (Å²) < 4.78 is 10.6. The molecule has 0 bridgehead atoms. The van der Waals surface area contributed by atoms with Gasteiger partial charge in [0.15, 0.2) is 6.29 Å². The Hall–Kier alpha value is -1.36. The number of nitrogens with zero attached hydrogens (tertiary/aromatic N) is 1. The summed E-state index contributed by atoms with van der Waals surface area (Å²) in [4.78, 5) is 18.5. The highest BCUT2D eigenvalue weighted by Crippen LogP contribution is 2.22. The van der Waals surface area contributed by atoms with Crippen molar-refractivity contribution in [1.29, 1.82) is 0 Å². The number of carbonyl (C=O) groups is 1. The molecule has 9 heteroatoms. The smallest absolute Gasteiger partial charge is 0.186 e. The highest BCUT2D eigenvalue weighted by Gasteiger charge is 2.43. The minimum Gasteiger partial charge on any atom is -0.394 e. The summed E-state index contributed by atoms with van der Waals surface area (Å²) in [7, 11) is 0. The molecule has 1 fully saturated rings. The van der Waals surface area contributed by atoms with Crippen molar-refractivity contribution in [1.82, 2.24) is 9.97 Å². The summed E-state index contributed by atoms with van der Waals surface area (Å²) in [6.45, 7) is -0.271. The number of imidazole rings is 1. The molecule has 136 valence electrons. The number of H-pyrrole nitrogens is 1. The number of hydrogen-bond donors (Lipinski definition) is 5. The predicted octanol–water partition coefficient (Wildman–Crippen LogP) is -1.49. The number of hydrogen-bond acceptors (Lipinski definition) is 8. The van der Waals surface area contributed by atoms with E-state index in [9.17, 15) is 20.1 Å². The van der Waals surface area contributed by atoms with Crippen LogP contribution < -0.4 is 0 Å². The highest BCUT2D eigenvalue weighted by molar-refractivity contribution is 5.80. The monoisotopic (exact) mass is 344 g/mol. The first-order chi connectivity index (χ1) is 11.5. The minimum absolute atomic E-state index is 0.0899. The molecule has 0 saturated carbocycles. The third kappa shape index (κ3) is 5.07. The second-order valence-electron chi connectivity index (χ2n) is 5.82. The van der Waals surface area contributed by atoms with Gasteiger partial charge < -0.3 is 34.9 Å². The third-order valence-corrected chi connectivity index (χ3v) is 3.92. The average Bonchev–Trinajstić information content (AvgIpc) is 3.07. The van der Waals surface area contributed by atoms with Gasteiger partial charge in [-0.1, -0.05) is 0 Å². The van der Waals surface area contributed by atoms with E-state index in [1.807, 2.05) is 0 Å². The number of nitrogens with one attached hydrogen (secondary N) is 1. The molecule has 5 atom stereocenters. The van der Waals surface area contributed by atoms with Crippen LogP contribution in [0.25, 0.3) is 0 Å². The lowest BCUT2D eigenvalue weighted by atomic mass is 9.99. The lowest BCUT2D eigenvalue weighted by Crippen LogP contribution is -2.59. The predicted molar refractivity (Wildman–Crippen MR) is 80.9 cm³/mol. The van der Waals surface area contributed by atoms with Crippen LogP contribution in [0.5, 0.6) is 0 Å². The maximum Gasteiger partial charge on any atom is 0.186 e. The molecule has 0 aliphatic carbocycles. The van der Waals surface area contributed by atoms with Crippen molar-refractivity contribution in [2.45, 2.75) is 56.4 Å². The van der Waals surface area contributed by atoms with Crippen LogP contribution >= 0.6 is 0 Å². The molecular weight excluding hydrogens is 320 g/mol. The minimum atomic E-state index is -1.45. The van der Waals surface area contributed by atoms with Gasteiger partial charge in [-0.15, -0.1) is 0 Å². The van der Waals surface area contributed by atoms with E-state index in [0.29, 0.717) is 25.7 Å². The van der Waals surface area contributed by atoms with Crippen molar-refractivity contribution < 1.29 is 34.7 Å². The zero-order chi connectivity index (χ0) is 17.5. The van der Waals surface area contributed by atoms with Gasteiger partial charge in [-0.05, 0) is 12.8 Å². The van der Waals surface area contributed by atoms with E-state index in [0.717, 1.165) is 5.69 Å². The van der Waals surface area contributed by atoms with Crippen molar-refractivity contribution in [3.05, 3.63) is 18.2 Å². The maximum atomic E-state index is 11.7. The number of carbonyl (C=O) groups excluding carboxylic acids is 1. The van der Waals surface area contributed by atoms with Gasteiger partial charge in [0.2, 0.25) is 0 Å². The molecule has 0 amide bonds. The molecule has 1 aromatic heterocycles. The van der Waals surface area contributed by atoms with Crippen LogP contribution in [-0.4, -0.2) is 80.1 Å². The van der Waals surface area contributed by atoms with Crippen molar-refractivity contribution >= 4 is 5.78 Å². The van der Waals surface area contributed by atoms with Gasteiger partial charge >= 0.3 is 0 Å². The molecule has 5 unspecified atom stereocenters. The highest BCUT2D eigenvalue weighted by atomic mass is 16.7. The maximum absolute atomic E-state index is 11.7. The number of Topliss-reactive ketones (excluding diaryl/α,β-unsaturated/α-hetero) is 1. The van der Waals surface area contributed by atoms with Crippen molar-refractivity contribution in [3.63, 3.8) is 0 Å². The van der Waals surface area contributed by atoms with Gasteiger partial charge in [-0.2, -0.15) is 0 Å². The Kier molecular flexibility index (Phi) is 7.28.